The van der Waals surface area contributed by atoms with Gasteiger partial charge in [-0.25, -0.2) is 9.37 Å². The second kappa shape index (κ2) is 5.02. The first-order valence-corrected chi connectivity index (χ1v) is 7.91. The van der Waals surface area contributed by atoms with Gasteiger partial charge in [0.25, 0.3) is 0 Å². The topological polar surface area (TPSA) is 22.8 Å². The summed E-state index contributed by atoms with van der Waals surface area (Å²) in [7, 11) is 1.99. The first-order valence-electron chi connectivity index (χ1n) is 7.50. The molecule has 0 saturated carbocycles. The molecule has 1 aromatic carbocycles. The third-order valence-corrected chi connectivity index (χ3v) is 4.84. The monoisotopic (exact) mass is 313 g/mol. The van der Waals surface area contributed by atoms with E-state index in [1.807, 2.05) is 11.6 Å². The minimum absolute atomic E-state index is 0.226. The highest BCUT2D eigenvalue weighted by Crippen LogP contribution is 2.28. The Bertz CT molecular complexity index is 922. The van der Waals surface area contributed by atoms with E-state index < -0.39 is 0 Å². The third kappa shape index (κ3) is 2.00. The van der Waals surface area contributed by atoms with E-state index in [1.165, 1.54) is 18.6 Å². The van der Waals surface area contributed by atoms with Gasteiger partial charge in [0.15, 0.2) is 0 Å². The van der Waals surface area contributed by atoms with Gasteiger partial charge in [0, 0.05) is 20.0 Å². The molecule has 0 amide bonds. The Hall–Kier alpha value is -2.01. The van der Waals surface area contributed by atoms with Crippen LogP contribution in [0.3, 0.4) is 0 Å². The van der Waals surface area contributed by atoms with Crippen molar-refractivity contribution in [2.45, 2.75) is 25.8 Å². The molecule has 0 fully saturated rings. The lowest BCUT2D eigenvalue weighted by atomic mass is 10.1. The van der Waals surface area contributed by atoms with E-state index in [4.69, 9.17) is 17.2 Å². The van der Waals surface area contributed by atoms with E-state index in [1.54, 1.807) is 12.1 Å². The van der Waals surface area contributed by atoms with Crippen molar-refractivity contribution >= 4 is 23.3 Å². The predicted octanol–water partition coefficient (Wildman–Crippen LogP) is 4.25. The number of aromatic nitrogens is 3. The molecule has 0 aliphatic carbocycles. The van der Waals surface area contributed by atoms with Gasteiger partial charge in [-0.3, -0.25) is 0 Å². The van der Waals surface area contributed by atoms with Crippen molar-refractivity contribution in [1.29, 1.82) is 0 Å². The molecule has 0 spiro atoms. The van der Waals surface area contributed by atoms with Crippen molar-refractivity contribution in [2.75, 3.05) is 0 Å². The second-order valence-corrected chi connectivity index (χ2v) is 6.16. The lowest BCUT2D eigenvalue weighted by Gasteiger charge is -2.18. The van der Waals surface area contributed by atoms with Crippen LogP contribution in [0.25, 0.3) is 22.3 Å². The molecule has 0 radical (unpaired) electrons. The van der Waals surface area contributed by atoms with Gasteiger partial charge >= 0.3 is 0 Å². The van der Waals surface area contributed by atoms with Crippen LogP contribution in [-0.4, -0.2) is 14.1 Å². The molecule has 1 aliphatic rings. The van der Waals surface area contributed by atoms with Crippen LogP contribution in [0, 0.1) is 10.5 Å². The van der Waals surface area contributed by atoms with Crippen molar-refractivity contribution in [3.8, 4) is 11.3 Å². The minimum Gasteiger partial charge on any atom is -0.328 e. The lowest BCUT2D eigenvalue weighted by Crippen LogP contribution is -2.16. The molecular weight excluding hydrogens is 297 g/mol. The molecule has 0 unspecified atom stereocenters. The Labute approximate surface area is 133 Å². The molecule has 3 heterocycles. The summed E-state index contributed by atoms with van der Waals surface area (Å²) < 4.78 is 18.2. The summed E-state index contributed by atoms with van der Waals surface area (Å²) in [6, 6.07) is 8.61. The van der Waals surface area contributed by atoms with E-state index in [2.05, 4.69) is 10.6 Å². The smallest absolute Gasteiger partial charge is 0.145 e. The van der Waals surface area contributed by atoms with Gasteiger partial charge in [0.05, 0.1) is 11.1 Å². The van der Waals surface area contributed by atoms with E-state index >= 15 is 0 Å². The van der Waals surface area contributed by atoms with E-state index in [0.717, 1.165) is 52.1 Å². The summed E-state index contributed by atoms with van der Waals surface area (Å²) in [6.07, 6.45) is 3.31. The fourth-order valence-corrected chi connectivity index (χ4v) is 3.55. The van der Waals surface area contributed by atoms with Crippen LogP contribution in [0.2, 0.25) is 0 Å². The van der Waals surface area contributed by atoms with Crippen molar-refractivity contribution in [2.24, 2.45) is 7.05 Å². The summed E-state index contributed by atoms with van der Waals surface area (Å²) in [4.78, 5) is 4.83. The maximum Gasteiger partial charge on any atom is 0.145 e. The fraction of sp³-hybridized carbons (Fsp3) is 0.294. The number of halogens is 1. The maximum absolute atomic E-state index is 13.1. The number of benzene rings is 1. The van der Waals surface area contributed by atoms with Gasteiger partial charge < -0.3 is 9.13 Å². The van der Waals surface area contributed by atoms with Gasteiger partial charge in [-0.15, -0.1) is 0 Å². The fourth-order valence-electron chi connectivity index (χ4n) is 3.20. The van der Waals surface area contributed by atoms with Gasteiger partial charge in [-0.2, -0.15) is 0 Å². The summed E-state index contributed by atoms with van der Waals surface area (Å²) in [5.41, 5.74) is 2.90. The molecule has 0 N–H and O–H groups in total. The number of aryl methyl sites for hydroxylation is 2. The van der Waals surface area contributed by atoms with Crippen LogP contribution < -0.4 is 0 Å². The summed E-state index contributed by atoms with van der Waals surface area (Å²) in [6.45, 7) is 0.956. The highest BCUT2D eigenvalue weighted by atomic mass is 32.1. The summed E-state index contributed by atoms with van der Waals surface area (Å²) in [5, 5.41) is 1.00. The average molecular weight is 313 g/mol. The molecule has 22 heavy (non-hydrogen) atoms. The van der Waals surface area contributed by atoms with Crippen LogP contribution in [0.4, 0.5) is 4.39 Å². The number of nitrogens with zero attached hydrogens (tertiary/aromatic N) is 3. The quantitative estimate of drug-likeness (QED) is 0.627. The van der Waals surface area contributed by atoms with Gasteiger partial charge in [0.1, 0.15) is 21.9 Å². The molecule has 3 aromatic rings. The van der Waals surface area contributed by atoms with Crippen LogP contribution in [0.1, 0.15) is 18.7 Å². The molecule has 3 nitrogen and oxygen atoms in total. The van der Waals surface area contributed by atoms with Gasteiger partial charge in [-0.1, -0.05) is 12.2 Å². The highest BCUT2D eigenvalue weighted by molar-refractivity contribution is 7.71. The first kappa shape index (κ1) is 13.6. The van der Waals surface area contributed by atoms with Crippen molar-refractivity contribution in [3.05, 3.63) is 46.6 Å². The molecule has 4 rings (SSSR count). The molecule has 0 saturated heterocycles. The Kier molecular flexibility index (Phi) is 3.11. The van der Waals surface area contributed by atoms with Crippen molar-refractivity contribution in [1.82, 2.24) is 14.1 Å². The number of fused-ring (bicyclic) bond motifs is 2. The number of hydrogen-bond donors (Lipinski definition) is 0. The third-order valence-electron chi connectivity index (χ3n) is 4.40. The standard InChI is InChI=1S/C17H16FN3S/c1-20-14(11-5-7-12(18)8-6-11)10-13-16(20)19-15-4-2-3-9-21(15)17(13)22/h5-8,10H,2-4,9H2,1H3. The Morgan fingerprint density at radius 3 is 2.73 bits per heavy atom. The minimum atomic E-state index is -0.226. The predicted molar refractivity (Wildman–Crippen MR) is 87.9 cm³/mol. The Balaban J connectivity index is 1.99. The lowest BCUT2D eigenvalue weighted by molar-refractivity contribution is 0.507. The van der Waals surface area contributed by atoms with E-state index in [9.17, 15) is 4.39 Å². The molecule has 0 bridgehead atoms. The number of rotatable bonds is 1. The zero-order chi connectivity index (χ0) is 15.3. The molecular formula is C17H16FN3S. The van der Waals surface area contributed by atoms with E-state index in [0.29, 0.717) is 0 Å². The van der Waals surface area contributed by atoms with Gasteiger partial charge in [0.2, 0.25) is 0 Å². The van der Waals surface area contributed by atoms with Crippen molar-refractivity contribution in [3.63, 3.8) is 0 Å². The average Bonchev–Trinajstić information content (AvgIpc) is 2.86. The Morgan fingerprint density at radius 2 is 1.95 bits per heavy atom. The molecule has 2 aromatic heterocycles. The Morgan fingerprint density at radius 1 is 1.18 bits per heavy atom. The van der Waals surface area contributed by atoms with E-state index in [-0.39, 0.29) is 5.82 Å². The van der Waals surface area contributed by atoms with Crippen LogP contribution in [0.15, 0.2) is 30.3 Å². The molecule has 0 atom stereocenters. The normalized spacial score (nSPS) is 14.3. The highest BCUT2D eigenvalue weighted by Gasteiger charge is 2.17. The van der Waals surface area contributed by atoms with Gasteiger partial charge in [-0.05, 0) is 48.7 Å². The van der Waals surface area contributed by atoms with Crippen molar-refractivity contribution < 1.29 is 4.39 Å². The zero-order valence-corrected chi connectivity index (χ0v) is 13.2. The first-order chi connectivity index (χ1) is 10.6. The molecule has 112 valence electrons. The van der Waals surface area contributed by atoms with Crippen LogP contribution in [0.5, 0.6) is 0 Å². The summed E-state index contributed by atoms with van der Waals surface area (Å²) in [5.74, 6) is 0.853. The zero-order valence-electron chi connectivity index (χ0n) is 12.3. The second-order valence-electron chi connectivity index (χ2n) is 5.77. The van der Waals surface area contributed by atoms with Crippen LogP contribution >= 0.6 is 12.2 Å². The molecule has 1 aliphatic heterocycles. The number of hydrogen-bond acceptors (Lipinski definition) is 2. The van der Waals surface area contributed by atoms with Crippen LogP contribution in [-0.2, 0) is 20.0 Å². The maximum atomic E-state index is 13.1. The summed E-state index contributed by atoms with van der Waals surface area (Å²) >= 11 is 5.67. The largest absolute Gasteiger partial charge is 0.328 e. The molecule has 5 heteroatoms. The SMILES string of the molecule is Cn1c(-c2ccc(F)cc2)cc2c(=S)n3c(nc21)CCCC3.